The summed E-state index contributed by atoms with van der Waals surface area (Å²) in [6.07, 6.45) is 0. The van der Waals surface area contributed by atoms with Crippen LogP contribution in [-0.2, 0) is 0 Å². The lowest BCUT2D eigenvalue weighted by Crippen LogP contribution is -2.76. The highest BCUT2D eigenvalue weighted by atomic mass is 32.2. The van der Waals surface area contributed by atoms with Gasteiger partial charge in [0.1, 0.15) is 0 Å². The molecule has 6 aromatic carbocycles. The Morgan fingerprint density at radius 2 is 0.841 bits per heavy atom. The third-order valence-corrected chi connectivity index (χ3v) is 14.7. The van der Waals surface area contributed by atoms with E-state index in [1.165, 1.54) is 30.5 Å². The van der Waals surface area contributed by atoms with E-state index in [1.54, 1.807) is 0 Å². The zero-order valence-corrected chi connectivity index (χ0v) is 25.7. The Balaban J connectivity index is 1.44. The van der Waals surface area contributed by atoms with Crippen LogP contribution < -0.4 is 20.7 Å². The van der Waals surface area contributed by atoms with Crippen LogP contribution in [0.4, 0.5) is 0 Å². The Kier molecular flexibility index (Phi) is 6.75. The monoisotopic (exact) mass is 597 g/mol. The molecule has 0 amide bonds. The van der Waals surface area contributed by atoms with Crippen LogP contribution in [0.15, 0.2) is 174 Å². The standard InChI is InChI=1S/C39H27N3SSi/c1-5-16-28(17-6-1)37-40-38(29-18-7-2-8-19-29)42-39(41-37)32-24-15-27-35-36(32)43-33-25-13-14-26-34(33)44(35,30-20-9-3-10-21-30)31-22-11-4-12-23-31/h1-27H. The first kappa shape index (κ1) is 26.5. The van der Waals surface area contributed by atoms with Crippen LogP contribution in [0.3, 0.4) is 0 Å². The zero-order valence-electron chi connectivity index (χ0n) is 23.8. The third-order valence-electron chi connectivity index (χ3n) is 8.28. The van der Waals surface area contributed by atoms with Gasteiger partial charge in [0.05, 0.1) is 0 Å². The lowest BCUT2D eigenvalue weighted by atomic mass is 10.1. The summed E-state index contributed by atoms with van der Waals surface area (Å²) in [5.41, 5.74) is 2.96. The van der Waals surface area contributed by atoms with Crippen LogP contribution in [-0.4, -0.2) is 23.0 Å². The van der Waals surface area contributed by atoms with E-state index in [2.05, 4.69) is 127 Å². The van der Waals surface area contributed by atoms with E-state index in [-0.39, 0.29) is 0 Å². The Bertz CT molecular complexity index is 1990. The van der Waals surface area contributed by atoms with E-state index in [9.17, 15) is 0 Å². The second-order valence-electron chi connectivity index (χ2n) is 10.8. The van der Waals surface area contributed by atoms with Crippen molar-refractivity contribution in [1.82, 2.24) is 15.0 Å². The van der Waals surface area contributed by atoms with Crippen LogP contribution >= 0.6 is 11.8 Å². The summed E-state index contributed by atoms with van der Waals surface area (Å²) in [6.45, 7) is 0. The van der Waals surface area contributed by atoms with E-state index >= 15 is 0 Å². The number of hydrogen-bond acceptors (Lipinski definition) is 4. The molecular formula is C39H27N3SSi. The number of fused-ring (bicyclic) bond motifs is 2. The van der Waals surface area contributed by atoms with Gasteiger partial charge < -0.3 is 0 Å². The number of hydrogen-bond donors (Lipinski definition) is 0. The van der Waals surface area contributed by atoms with Crippen molar-refractivity contribution in [2.45, 2.75) is 9.79 Å². The van der Waals surface area contributed by atoms with Crippen LogP contribution in [0.25, 0.3) is 34.2 Å². The molecule has 0 saturated heterocycles. The normalized spacial score (nSPS) is 13.1. The van der Waals surface area contributed by atoms with Crippen molar-refractivity contribution in [2.75, 3.05) is 0 Å². The molecule has 0 bridgehead atoms. The fourth-order valence-electron chi connectivity index (χ4n) is 6.33. The Hall–Kier alpha value is -5.10. The number of aromatic nitrogens is 3. The van der Waals surface area contributed by atoms with E-state index < -0.39 is 8.07 Å². The lowest BCUT2D eigenvalue weighted by Gasteiger charge is -2.40. The number of rotatable bonds is 5. The minimum Gasteiger partial charge on any atom is -0.208 e. The van der Waals surface area contributed by atoms with E-state index in [1.807, 2.05) is 48.2 Å². The first-order chi connectivity index (χ1) is 21.8. The molecule has 1 aliphatic rings. The second kappa shape index (κ2) is 11.2. The molecule has 2 heterocycles. The summed E-state index contributed by atoms with van der Waals surface area (Å²) in [4.78, 5) is 17.7. The van der Waals surface area contributed by atoms with Gasteiger partial charge in [0.2, 0.25) is 0 Å². The van der Waals surface area contributed by atoms with Gasteiger partial charge in [0.25, 0.3) is 0 Å². The van der Waals surface area contributed by atoms with Gasteiger partial charge in [-0.1, -0.05) is 169 Å². The molecule has 5 heteroatoms. The van der Waals surface area contributed by atoms with E-state index in [0.717, 1.165) is 16.7 Å². The maximum absolute atomic E-state index is 5.14. The van der Waals surface area contributed by atoms with Gasteiger partial charge in [-0.25, -0.2) is 15.0 Å². The molecule has 8 rings (SSSR count). The van der Waals surface area contributed by atoms with Gasteiger partial charge in [0, 0.05) is 26.5 Å². The second-order valence-corrected chi connectivity index (χ2v) is 15.6. The van der Waals surface area contributed by atoms with Crippen molar-refractivity contribution in [3.05, 3.63) is 164 Å². The first-order valence-electron chi connectivity index (χ1n) is 14.7. The Morgan fingerprint density at radius 3 is 1.41 bits per heavy atom. The Labute approximate surface area is 262 Å². The summed E-state index contributed by atoms with van der Waals surface area (Å²) in [7, 11) is -2.69. The van der Waals surface area contributed by atoms with Crippen molar-refractivity contribution in [3.8, 4) is 34.2 Å². The van der Waals surface area contributed by atoms with E-state index in [4.69, 9.17) is 15.0 Å². The molecule has 0 fully saturated rings. The van der Waals surface area contributed by atoms with E-state index in [0.29, 0.717) is 17.5 Å². The molecule has 3 nitrogen and oxygen atoms in total. The highest BCUT2D eigenvalue weighted by Gasteiger charge is 2.47. The minimum absolute atomic E-state index is 0.669. The summed E-state index contributed by atoms with van der Waals surface area (Å²) in [5.74, 6) is 2.02. The van der Waals surface area contributed by atoms with Gasteiger partial charge in [0.15, 0.2) is 25.5 Å². The molecule has 208 valence electrons. The molecule has 0 unspecified atom stereocenters. The zero-order chi connectivity index (χ0) is 29.3. The molecular weight excluding hydrogens is 571 g/mol. The smallest absolute Gasteiger partial charge is 0.181 e. The predicted molar refractivity (Wildman–Crippen MR) is 184 cm³/mol. The van der Waals surface area contributed by atoms with Crippen molar-refractivity contribution < 1.29 is 0 Å². The highest BCUT2D eigenvalue weighted by molar-refractivity contribution is 8.00. The summed E-state index contributed by atoms with van der Waals surface area (Å²) in [5, 5.41) is 5.50. The van der Waals surface area contributed by atoms with Crippen LogP contribution in [0.1, 0.15) is 0 Å². The average molecular weight is 598 g/mol. The lowest BCUT2D eigenvalue weighted by molar-refractivity contribution is 1.07. The minimum atomic E-state index is -2.69. The summed E-state index contributed by atoms with van der Waals surface area (Å²) < 4.78 is 0. The molecule has 44 heavy (non-hydrogen) atoms. The van der Waals surface area contributed by atoms with Crippen LogP contribution in [0.2, 0.25) is 0 Å². The molecule has 0 atom stereocenters. The molecule has 0 spiro atoms. The molecule has 0 radical (unpaired) electrons. The fraction of sp³-hybridized carbons (Fsp3) is 0. The molecule has 0 saturated carbocycles. The van der Waals surface area contributed by atoms with Gasteiger partial charge in [-0.2, -0.15) is 0 Å². The average Bonchev–Trinajstić information content (AvgIpc) is 3.11. The molecule has 0 N–H and O–H groups in total. The van der Waals surface area contributed by atoms with Crippen molar-refractivity contribution in [1.29, 1.82) is 0 Å². The van der Waals surface area contributed by atoms with Gasteiger partial charge in [-0.15, -0.1) is 0 Å². The van der Waals surface area contributed by atoms with Gasteiger partial charge in [-0.05, 0) is 26.8 Å². The maximum atomic E-state index is 5.14. The predicted octanol–water partition coefficient (Wildman–Crippen LogP) is 6.71. The van der Waals surface area contributed by atoms with Crippen LogP contribution in [0, 0.1) is 0 Å². The van der Waals surface area contributed by atoms with Crippen LogP contribution in [0.5, 0.6) is 0 Å². The van der Waals surface area contributed by atoms with Gasteiger partial charge in [-0.3, -0.25) is 0 Å². The Morgan fingerprint density at radius 1 is 0.386 bits per heavy atom. The van der Waals surface area contributed by atoms with Crippen molar-refractivity contribution in [3.63, 3.8) is 0 Å². The molecule has 1 aromatic heterocycles. The third kappa shape index (κ3) is 4.40. The number of nitrogens with zero attached hydrogens (tertiary/aromatic N) is 3. The fourth-order valence-corrected chi connectivity index (χ4v) is 13.4. The topological polar surface area (TPSA) is 38.7 Å². The van der Waals surface area contributed by atoms with Crippen molar-refractivity contribution in [2.24, 2.45) is 0 Å². The molecule has 0 aliphatic carbocycles. The highest BCUT2D eigenvalue weighted by Crippen LogP contribution is 2.39. The summed E-state index contributed by atoms with van der Waals surface area (Å²) in [6, 6.07) is 58.2. The maximum Gasteiger partial charge on any atom is 0.181 e. The quantitative estimate of drug-likeness (QED) is 0.207. The molecule has 7 aromatic rings. The number of benzene rings is 6. The summed E-state index contributed by atoms with van der Waals surface area (Å²) >= 11 is 1.83. The van der Waals surface area contributed by atoms with Gasteiger partial charge >= 0.3 is 0 Å². The largest absolute Gasteiger partial charge is 0.208 e. The molecule has 1 aliphatic heterocycles. The SMILES string of the molecule is c1ccc(-c2nc(-c3ccccc3)nc(-c3cccc4c3Sc3ccccc3[Si]4(c3ccccc3)c3ccccc3)n2)cc1. The van der Waals surface area contributed by atoms with Crippen molar-refractivity contribution >= 4 is 40.6 Å². The first-order valence-corrected chi connectivity index (χ1v) is 17.5.